The van der Waals surface area contributed by atoms with Gasteiger partial charge in [0.2, 0.25) is 0 Å². The SMILES string of the molecule is CCCCCCCCCCCCc1nc2c([nH]1)c(=S)n(C)c(=S)n2C. The molecule has 0 saturated heterocycles. The summed E-state index contributed by atoms with van der Waals surface area (Å²) in [4.78, 5) is 8.11. The number of aryl methyl sites for hydroxylation is 2. The van der Waals surface area contributed by atoms with Crippen molar-refractivity contribution in [3.05, 3.63) is 15.2 Å². The highest BCUT2D eigenvalue weighted by Gasteiger charge is 2.09. The highest BCUT2D eigenvalue weighted by Crippen LogP contribution is 2.16. The van der Waals surface area contributed by atoms with Gasteiger partial charge in [0.05, 0.1) is 0 Å². The molecule has 0 atom stereocenters. The number of aromatic nitrogens is 4. The van der Waals surface area contributed by atoms with E-state index < -0.39 is 0 Å². The quantitative estimate of drug-likeness (QED) is 0.374. The molecule has 4 nitrogen and oxygen atoms in total. The van der Waals surface area contributed by atoms with Crippen LogP contribution in [0, 0.1) is 9.41 Å². The highest BCUT2D eigenvalue weighted by molar-refractivity contribution is 7.72. The Hall–Kier alpha value is -1.01. The second kappa shape index (κ2) is 10.2. The Morgan fingerprint density at radius 1 is 0.840 bits per heavy atom. The molecular weight excluding hydrogens is 348 g/mol. The van der Waals surface area contributed by atoms with Gasteiger partial charge in [-0.05, 0) is 18.6 Å². The second-order valence-electron chi connectivity index (χ2n) is 7.02. The number of rotatable bonds is 11. The number of hydrogen-bond donors (Lipinski definition) is 1. The molecule has 0 aromatic carbocycles. The summed E-state index contributed by atoms with van der Waals surface area (Å²) in [6, 6.07) is 0. The summed E-state index contributed by atoms with van der Waals surface area (Å²) < 4.78 is 5.23. The van der Waals surface area contributed by atoms with Gasteiger partial charge in [0.25, 0.3) is 0 Å². The lowest BCUT2D eigenvalue weighted by atomic mass is 10.1. The molecule has 0 aliphatic rings. The van der Waals surface area contributed by atoms with Crippen molar-refractivity contribution < 1.29 is 0 Å². The third-order valence-electron chi connectivity index (χ3n) is 4.91. The summed E-state index contributed by atoms with van der Waals surface area (Å²) in [7, 11) is 3.86. The van der Waals surface area contributed by atoms with E-state index in [0.29, 0.717) is 4.77 Å². The largest absolute Gasteiger partial charge is 0.338 e. The van der Waals surface area contributed by atoms with Gasteiger partial charge >= 0.3 is 0 Å². The Morgan fingerprint density at radius 3 is 2.00 bits per heavy atom. The Bertz CT molecular complexity index is 785. The van der Waals surface area contributed by atoms with E-state index in [9.17, 15) is 0 Å². The average molecular weight is 381 g/mol. The fraction of sp³-hybridized carbons (Fsp3) is 0.737. The minimum atomic E-state index is 0.703. The normalized spacial score (nSPS) is 11.5. The van der Waals surface area contributed by atoms with Crippen LogP contribution in [0.4, 0.5) is 0 Å². The topological polar surface area (TPSA) is 38.5 Å². The van der Waals surface area contributed by atoms with Gasteiger partial charge in [-0.25, -0.2) is 4.98 Å². The van der Waals surface area contributed by atoms with E-state index in [1.165, 1.54) is 64.2 Å². The smallest absolute Gasteiger partial charge is 0.182 e. The standard InChI is InChI=1S/C19H32N4S2/c1-4-5-6-7-8-9-10-11-12-13-14-15-20-16-17(21-15)22(2)19(25)23(3)18(16)24/h4-14H2,1-3H3,(H,20,21). The van der Waals surface area contributed by atoms with Gasteiger partial charge in [0.15, 0.2) is 10.4 Å². The molecule has 6 heteroatoms. The maximum absolute atomic E-state index is 5.49. The van der Waals surface area contributed by atoms with Crippen LogP contribution in [0.15, 0.2) is 0 Å². The third-order valence-corrected chi connectivity index (χ3v) is 5.94. The summed E-state index contributed by atoms with van der Waals surface area (Å²) in [5, 5.41) is 0. The lowest BCUT2D eigenvalue weighted by molar-refractivity contribution is 0.554. The highest BCUT2D eigenvalue weighted by atomic mass is 32.1. The molecular formula is C19H32N4S2. The van der Waals surface area contributed by atoms with Crippen molar-refractivity contribution in [2.24, 2.45) is 14.1 Å². The molecule has 140 valence electrons. The molecule has 2 aromatic rings. The summed E-state index contributed by atoms with van der Waals surface area (Å²) in [5.74, 6) is 1.02. The predicted octanol–water partition coefficient (Wildman–Crippen LogP) is 6.16. The van der Waals surface area contributed by atoms with Gasteiger partial charge in [-0.15, -0.1) is 0 Å². The van der Waals surface area contributed by atoms with Crippen molar-refractivity contribution in [3.63, 3.8) is 0 Å². The second-order valence-corrected chi connectivity index (χ2v) is 7.77. The van der Waals surface area contributed by atoms with Gasteiger partial charge in [0.1, 0.15) is 16.0 Å². The van der Waals surface area contributed by atoms with E-state index in [1.807, 2.05) is 23.2 Å². The van der Waals surface area contributed by atoms with Gasteiger partial charge in [0, 0.05) is 20.5 Å². The Kier molecular flexibility index (Phi) is 8.30. The first kappa shape index (κ1) is 20.3. The van der Waals surface area contributed by atoms with Crippen LogP contribution in [0.5, 0.6) is 0 Å². The van der Waals surface area contributed by atoms with Crippen LogP contribution in [0.1, 0.15) is 77.0 Å². The zero-order chi connectivity index (χ0) is 18.2. The number of unbranched alkanes of at least 4 members (excludes halogenated alkanes) is 9. The minimum Gasteiger partial charge on any atom is -0.338 e. The van der Waals surface area contributed by atoms with Gasteiger partial charge in [-0.2, -0.15) is 0 Å². The van der Waals surface area contributed by atoms with Crippen molar-refractivity contribution in [2.45, 2.75) is 77.6 Å². The van der Waals surface area contributed by atoms with E-state index in [2.05, 4.69) is 11.9 Å². The molecule has 0 saturated carbocycles. The predicted molar refractivity (Wildman–Crippen MR) is 111 cm³/mol. The first-order valence-corrected chi connectivity index (χ1v) is 10.5. The van der Waals surface area contributed by atoms with Crippen LogP contribution < -0.4 is 0 Å². The Labute approximate surface area is 161 Å². The fourth-order valence-electron chi connectivity index (χ4n) is 3.27. The van der Waals surface area contributed by atoms with Crippen LogP contribution in [0.25, 0.3) is 11.2 Å². The van der Waals surface area contributed by atoms with Gasteiger partial charge in [-0.1, -0.05) is 76.9 Å². The van der Waals surface area contributed by atoms with E-state index in [1.54, 1.807) is 0 Å². The van der Waals surface area contributed by atoms with Gasteiger partial charge < -0.3 is 14.1 Å². The molecule has 2 aromatic heterocycles. The molecule has 25 heavy (non-hydrogen) atoms. The van der Waals surface area contributed by atoms with Crippen LogP contribution in [-0.2, 0) is 20.5 Å². The molecule has 1 N–H and O–H groups in total. The van der Waals surface area contributed by atoms with Crippen molar-refractivity contribution >= 4 is 35.6 Å². The van der Waals surface area contributed by atoms with Crippen molar-refractivity contribution in [3.8, 4) is 0 Å². The summed E-state index contributed by atoms with van der Waals surface area (Å²) in [6.07, 6.45) is 14.5. The third kappa shape index (κ3) is 5.48. The maximum Gasteiger partial charge on any atom is 0.182 e. The molecule has 0 spiro atoms. The van der Waals surface area contributed by atoms with E-state index >= 15 is 0 Å². The molecule has 0 fully saturated rings. The van der Waals surface area contributed by atoms with Crippen LogP contribution in [-0.4, -0.2) is 19.1 Å². The Morgan fingerprint density at radius 2 is 1.40 bits per heavy atom. The Balaban J connectivity index is 1.75. The van der Waals surface area contributed by atoms with Crippen LogP contribution >= 0.6 is 24.4 Å². The van der Waals surface area contributed by atoms with E-state index in [4.69, 9.17) is 29.4 Å². The van der Waals surface area contributed by atoms with E-state index in [-0.39, 0.29) is 0 Å². The number of imidazole rings is 1. The molecule has 2 rings (SSSR count). The van der Waals surface area contributed by atoms with Crippen LogP contribution in [0.2, 0.25) is 0 Å². The average Bonchev–Trinajstić information content (AvgIpc) is 3.04. The molecule has 0 amide bonds. The lowest BCUT2D eigenvalue weighted by Gasteiger charge is -2.05. The number of fused-ring (bicyclic) bond motifs is 1. The maximum atomic E-state index is 5.49. The number of hydrogen-bond acceptors (Lipinski definition) is 3. The molecule has 0 aliphatic carbocycles. The zero-order valence-electron chi connectivity index (χ0n) is 15.9. The first-order chi connectivity index (χ1) is 12.1. The molecule has 0 unspecified atom stereocenters. The van der Waals surface area contributed by atoms with Crippen LogP contribution in [0.3, 0.4) is 0 Å². The zero-order valence-corrected chi connectivity index (χ0v) is 17.6. The summed E-state index contributed by atoms with van der Waals surface area (Å²) in [5.41, 5.74) is 1.80. The number of nitrogens with zero attached hydrogens (tertiary/aromatic N) is 3. The molecule has 0 aliphatic heterocycles. The van der Waals surface area contributed by atoms with Crippen molar-refractivity contribution in [1.29, 1.82) is 0 Å². The molecule has 0 radical (unpaired) electrons. The molecule has 0 bridgehead atoms. The number of H-pyrrole nitrogens is 1. The van der Waals surface area contributed by atoms with Crippen molar-refractivity contribution in [1.82, 2.24) is 19.1 Å². The fourth-order valence-corrected chi connectivity index (χ4v) is 3.74. The minimum absolute atomic E-state index is 0.703. The summed E-state index contributed by atoms with van der Waals surface area (Å²) in [6.45, 7) is 2.27. The number of nitrogens with one attached hydrogen (secondary N) is 1. The van der Waals surface area contributed by atoms with Crippen molar-refractivity contribution in [2.75, 3.05) is 0 Å². The van der Waals surface area contributed by atoms with E-state index in [0.717, 1.165) is 28.0 Å². The lowest BCUT2D eigenvalue weighted by Crippen LogP contribution is -2.05. The first-order valence-electron chi connectivity index (χ1n) is 9.70. The monoisotopic (exact) mass is 380 g/mol. The number of aromatic amines is 1. The summed E-state index contributed by atoms with van der Waals surface area (Å²) >= 11 is 10.9. The molecule has 2 heterocycles. The van der Waals surface area contributed by atoms with Gasteiger partial charge in [-0.3, -0.25) is 0 Å².